The number of aromatic nitrogens is 2. The van der Waals surface area contributed by atoms with Crippen molar-refractivity contribution in [1.82, 2.24) is 14.9 Å². The molecule has 1 aromatic heterocycles. The van der Waals surface area contributed by atoms with Crippen LogP contribution in [-0.4, -0.2) is 52.2 Å². The van der Waals surface area contributed by atoms with E-state index < -0.39 is 0 Å². The van der Waals surface area contributed by atoms with Crippen molar-refractivity contribution in [3.05, 3.63) is 18.1 Å². The van der Waals surface area contributed by atoms with E-state index in [1.54, 1.807) is 12.4 Å². The molecule has 1 aliphatic carbocycles. The summed E-state index contributed by atoms with van der Waals surface area (Å²) in [5.74, 6) is 1.50. The number of carbonyl (C=O) groups is 1. The second-order valence-corrected chi connectivity index (χ2v) is 7.16. The number of rotatable bonds is 4. The minimum absolute atomic E-state index is 0.0838. The highest BCUT2D eigenvalue weighted by Gasteiger charge is 2.50. The van der Waals surface area contributed by atoms with E-state index in [1.165, 1.54) is 12.8 Å². The first-order valence-electron chi connectivity index (χ1n) is 8.49. The molecule has 3 fully saturated rings. The third-order valence-electron chi connectivity index (χ3n) is 4.94. The molecule has 0 aromatic carbocycles. The van der Waals surface area contributed by atoms with Gasteiger partial charge in [-0.3, -0.25) is 9.78 Å². The second kappa shape index (κ2) is 5.74. The Kier molecular flexibility index (Phi) is 3.71. The number of likely N-dealkylation sites (tertiary alicyclic amines) is 1. The lowest BCUT2D eigenvalue weighted by atomic mass is 9.84. The normalized spacial score (nSPS) is 26.0. The topological polar surface area (TPSA) is 64.6 Å². The largest absolute Gasteiger partial charge is 0.473 e. The highest BCUT2D eigenvalue weighted by Crippen LogP contribution is 2.38. The van der Waals surface area contributed by atoms with Crippen LogP contribution in [-0.2, 0) is 9.53 Å². The smallest absolute Gasteiger partial charge is 0.232 e. The predicted molar refractivity (Wildman–Crippen MR) is 83.0 cm³/mol. The molecule has 6 nitrogen and oxygen atoms in total. The average molecular weight is 317 g/mol. The van der Waals surface area contributed by atoms with Crippen molar-refractivity contribution in [2.75, 3.05) is 19.7 Å². The number of ether oxygens (including phenoxy) is 2. The Bertz CT molecular complexity index is 597. The third kappa shape index (κ3) is 3.32. The quantitative estimate of drug-likeness (QED) is 0.846. The molecule has 1 saturated carbocycles. The molecule has 3 heterocycles. The van der Waals surface area contributed by atoms with Crippen LogP contribution in [0.5, 0.6) is 5.88 Å². The van der Waals surface area contributed by atoms with Crippen molar-refractivity contribution in [2.45, 2.75) is 50.7 Å². The molecule has 1 aromatic rings. The summed E-state index contributed by atoms with van der Waals surface area (Å²) < 4.78 is 12.0. The van der Waals surface area contributed by atoms with Crippen LogP contribution >= 0.6 is 0 Å². The van der Waals surface area contributed by atoms with Crippen LogP contribution in [0.15, 0.2) is 12.4 Å². The van der Waals surface area contributed by atoms with E-state index in [2.05, 4.69) is 9.97 Å². The highest BCUT2D eigenvalue weighted by molar-refractivity contribution is 5.78. The Hall–Kier alpha value is -1.69. The summed E-state index contributed by atoms with van der Waals surface area (Å²) in [7, 11) is 0. The molecule has 3 aliphatic rings. The zero-order valence-corrected chi connectivity index (χ0v) is 13.5. The van der Waals surface area contributed by atoms with E-state index in [0.29, 0.717) is 31.5 Å². The summed E-state index contributed by atoms with van der Waals surface area (Å²) in [4.78, 5) is 22.5. The van der Waals surface area contributed by atoms with Gasteiger partial charge in [0.2, 0.25) is 11.8 Å². The molecular formula is C17H23N3O3. The monoisotopic (exact) mass is 317 g/mol. The first-order valence-corrected chi connectivity index (χ1v) is 8.49. The summed E-state index contributed by atoms with van der Waals surface area (Å²) in [6.07, 6.45) is 8.27. The van der Waals surface area contributed by atoms with Gasteiger partial charge in [0.15, 0.2) is 0 Å². The van der Waals surface area contributed by atoms with Gasteiger partial charge >= 0.3 is 0 Å². The van der Waals surface area contributed by atoms with Crippen molar-refractivity contribution in [3.63, 3.8) is 0 Å². The molecule has 2 saturated heterocycles. The Labute approximate surface area is 136 Å². The van der Waals surface area contributed by atoms with Crippen LogP contribution in [0.4, 0.5) is 0 Å². The van der Waals surface area contributed by atoms with Gasteiger partial charge in [0.05, 0.1) is 31.6 Å². The number of hydrogen-bond donors (Lipinski definition) is 0. The van der Waals surface area contributed by atoms with Crippen LogP contribution in [0, 0.1) is 12.8 Å². The van der Waals surface area contributed by atoms with Crippen molar-refractivity contribution >= 4 is 5.91 Å². The van der Waals surface area contributed by atoms with Gasteiger partial charge in [0.25, 0.3) is 0 Å². The molecular weight excluding hydrogens is 294 g/mol. The zero-order chi connectivity index (χ0) is 15.9. The molecule has 4 rings (SSSR count). The van der Waals surface area contributed by atoms with E-state index in [0.717, 1.165) is 25.0 Å². The first kappa shape index (κ1) is 14.9. The van der Waals surface area contributed by atoms with E-state index in [4.69, 9.17) is 9.47 Å². The molecule has 1 spiro atoms. The summed E-state index contributed by atoms with van der Waals surface area (Å²) in [6.45, 7) is 3.99. The number of carbonyl (C=O) groups excluding carboxylic acids is 1. The lowest BCUT2D eigenvalue weighted by molar-refractivity contribution is -0.193. The van der Waals surface area contributed by atoms with Crippen LogP contribution in [0.2, 0.25) is 0 Å². The maximum Gasteiger partial charge on any atom is 0.232 e. The molecule has 0 radical (unpaired) electrons. The lowest BCUT2D eigenvalue weighted by Crippen LogP contribution is -2.67. The summed E-state index contributed by atoms with van der Waals surface area (Å²) in [5, 5.41) is 0. The maximum absolute atomic E-state index is 12.1. The third-order valence-corrected chi connectivity index (χ3v) is 4.94. The molecule has 0 bridgehead atoms. The molecule has 1 amide bonds. The fourth-order valence-corrected chi connectivity index (χ4v) is 3.50. The Balaban J connectivity index is 1.32. The zero-order valence-electron chi connectivity index (χ0n) is 13.5. The maximum atomic E-state index is 12.1. The Morgan fingerprint density at radius 2 is 2.22 bits per heavy atom. The summed E-state index contributed by atoms with van der Waals surface area (Å²) >= 11 is 0. The van der Waals surface area contributed by atoms with Crippen LogP contribution < -0.4 is 4.74 Å². The standard InChI is InChI=1S/C17H23N3O3/c1-12-8-18-9-15(19-12)23-14-4-5-22-17(7-14)10-20(11-17)16(21)6-13-2-3-13/h8-9,13-14H,2-7,10-11H2,1H3. The van der Waals surface area contributed by atoms with Gasteiger partial charge < -0.3 is 14.4 Å². The predicted octanol–water partition coefficient (Wildman–Crippen LogP) is 1.72. The van der Waals surface area contributed by atoms with Crippen molar-refractivity contribution in [1.29, 1.82) is 0 Å². The molecule has 124 valence electrons. The Morgan fingerprint density at radius 3 is 2.96 bits per heavy atom. The fourth-order valence-electron chi connectivity index (χ4n) is 3.50. The minimum atomic E-state index is -0.209. The molecule has 6 heteroatoms. The van der Waals surface area contributed by atoms with Gasteiger partial charge in [0.1, 0.15) is 11.7 Å². The second-order valence-electron chi connectivity index (χ2n) is 7.16. The number of amides is 1. The minimum Gasteiger partial charge on any atom is -0.473 e. The average Bonchev–Trinajstić information content (AvgIpc) is 3.29. The van der Waals surface area contributed by atoms with Crippen molar-refractivity contribution in [3.8, 4) is 5.88 Å². The van der Waals surface area contributed by atoms with E-state index in [1.807, 2.05) is 11.8 Å². The number of nitrogens with zero attached hydrogens (tertiary/aromatic N) is 3. The highest BCUT2D eigenvalue weighted by atomic mass is 16.5. The van der Waals surface area contributed by atoms with Crippen molar-refractivity contribution in [2.24, 2.45) is 5.92 Å². The molecule has 1 unspecified atom stereocenters. The molecule has 1 atom stereocenters. The van der Waals surface area contributed by atoms with Gasteiger partial charge in [0, 0.05) is 25.5 Å². The van der Waals surface area contributed by atoms with Crippen LogP contribution in [0.1, 0.15) is 37.8 Å². The van der Waals surface area contributed by atoms with Gasteiger partial charge in [-0.1, -0.05) is 0 Å². The molecule has 0 N–H and O–H groups in total. The SMILES string of the molecule is Cc1cncc(OC2CCOC3(C2)CN(C(=O)CC2CC2)C3)n1. The van der Waals surface area contributed by atoms with E-state index >= 15 is 0 Å². The summed E-state index contributed by atoms with van der Waals surface area (Å²) in [5.41, 5.74) is 0.643. The van der Waals surface area contributed by atoms with Gasteiger partial charge in [-0.15, -0.1) is 0 Å². The fraction of sp³-hybridized carbons (Fsp3) is 0.706. The van der Waals surface area contributed by atoms with Crippen molar-refractivity contribution < 1.29 is 14.3 Å². The summed E-state index contributed by atoms with van der Waals surface area (Å²) in [6, 6.07) is 0. The first-order chi connectivity index (χ1) is 11.1. The van der Waals surface area contributed by atoms with Gasteiger partial charge in [-0.2, -0.15) is 0 Å². The van der Waals surface area contributed by atoms with E-state index in [9.17, 15) is 4.79 Å². The molecule has 23 heavy (non-hydrogen) atoms. The number of hydrogen-bond acceptors (Lipinski definition) is 5. The van der Waals surface area contributed by atoms with Gasteiger partial charge in [-0.25, -0.2) is 4.98 Å². The lowest BCUT2D eigenvalue weighted by Gasteiger charge is -2.52. The Morgan fingerprint density at radius 1 is 1.39 bits per heavy atom. The van der Waals surface area contributed by atoms with Gasteiger partial charge in [-0.05, 0) is 25.7 Å². The number of aryl methyl sites for hydroxylation is 1. The van der Waals surface area contributed by atoms with Crippen LogP contribution in [0.3, 0.4) is 0 Å². The molecule has 2 aliphatic heterocycles. The van der Waals surface area contributed by atoms with Crippen LogP contribution in [0.25, 0.3) is 0 Å². The van der Waals surface area contributed by atoms with E-state index in [-0.39, 0.29) is 17.6 Å².